The van der Waals surface area contributed by atoms with Crippen LogP contribution in [0, 0.1) is 0 Å². The number of rotatable bonds is 4. The van der Waals surface area contributed by atoms with Gasteiger partial charge in [0.1, 0.15) is 5.75 Å². The molecule has 0 bridgehead atoms. The summed E-state index contributed by atoms with van der Waals surface area (Å²) in [6.45, 7) is 0.387. The molecular weight excluding hydrogens is 218 g/mol. The highest BCUT2D eigenvalue weighted by atomic mass is 35.5. The first-order chi connectivity index (χ1) is 7.10. The van der Waals surface area contributed by atoms with Gasteiger partial charge in [0, 0.05) is 17.6 Å². The molecule has 6 heteroatoms. The van der Waals surface area contributed by atoms with Crippen LogP contribution < -0.4 is 10.2 Å². The molecule has 0 heterocycles. The molecule has 0 radical (unpaired) electrons. The van der Waals surface area contributed by atoms with Gasteiger partial charge in [-0.15, -0.1) is 0 Å². The van der Waals surface area contributed by atoms with Gasteiger partial charge < -0.3 is 19.5 Å². The van der Waals surface area contributed by atoms with Crippen molar-refractivity contribution < 1.29 is 19.5 Å². The van der Waals surface area contributed by atoms with Crippen molar-refractivity contribution in [3.05, 3.63) is 22.7 Å². The van der Waals surface area contributed by atoms with Crippen LogP contribution in [0.3, 0.4) is 0 Å². The SMILES string of the molecule is COCc1cc(Cl)c(B(O)O)c(OC)c1. The highest BCUT2D eigenvalue weighted by Crippen LogP contribution is 2.19. The molecule has 1 aromatic rings. The maximum Gasteiger partial charge on any atom is 0.493 e. The maximum absolute atomic E-state index is 9.10. The van der Waals surface area contributed by atoms with Crippen molar-refractivity contribution in [1.82, 2.24) is 0 Å². The van der Waals surface area contributed by atoms with Crippen molar-refractivity contribution in [3.63, 3.8) is 0 Å². The van der Waals surface area contributed by atoms with E-state index >= 15 is 0 Å². The fourth-order valence-electron chi connectivity index (χ4n) is 1.32. The number of ether oxygens (including phenoxy) is 2. The summed E-state index contributed by atoms with van der Waals surface area (Å²) < 4.78 is 9.96. The number of benzene rings is 1. The minimum absolute atomic E-state index is 0.166. The fraction of sp³-hybridized carbons (Fsp3) is 0.333. The lowest BCUT2D eigenvalue weighted by Gasteiger charge is -2.11. The smallest absolute Gasteiger partial charge is 0.493 e. The Morgan fingerprint density at radius 2 is 2.00 bits per heavy atom. The summed E-state index contributed by atoms with van der Waals surface area (Å²) >= 11 is 5.89. The first kappa shape index (κ1) is 12.3. The topological polar surface area (TPSA) is 58.9 Å². The molecule has 0 aliphatic rings. The van der Waals surface area contributed by atoms with Gasteiger partial charge in [0.15, 0.2) is 0 Å². The molecule has 82 valence electrons. The lowest BCUT2D eigenvalue weighted by molar-refractivity contribution is 0.184. The Hall–Kier alpha value is -0.745. The Kier molecular flexibility index (Phi) is 4.41. The van der Waals surface area contributed by atoms with Crippen LogP contribution in [0.2, 0.25) is 5.02 Å². The molecule has 1 rings (SSSR count). The quantitative estimate of drug-likeness (QED) is 0.724. The van der Waals surface area contributed by atoms with E-state index < -0.39 is 7.12 Å². The van der Waals surface area contributed by atoms with Gasteiger partial charge in [-0.3, -0.25) is 0 Å². The molecule has 4 nitrogen and oxygen atoms in total. The molecule has 0 aliphatic carbocycles. The predicted octanol–water partition coefficient (Wildman–Crippen LogP) is 0.175. The third-order valence-corrected chi connectivity index (χ3v) is 2.25. The van der Waals surface area contributed by atoms with Gasteiger partial charge in [0.05, 0.1) is 13.7 Å². The molecule has 0 amide bonds. The molecule has 0 fully saturated rings. The third-order valence-electron chi connectivity index (χ3n) is 1.94. The summed E-state index contributed by atoms with van der Waals surface area (Å²) in [7, 11) is 1.35. The van der Waals surface area contributed by atoms with E-state index in [0.717, 1.165) is 5.56 Å². The van der Waals surface area contributed by atoms with Crippen LogP contribution in [0.25, 0.3) is 0 Å². The van der Waals surface area contributed by atoms with E-state index in [2.05, 4.69) is 0 Å². The Morgan fingerprint density at radius 1 is 1.33 bits per heavy atom. The van der Waals surface area contributed by atoms with Crippen molar-refractivity contribution in [2.45, 2.75) is 6.61 Å². The van der Waals surface area contributed by atoms with Crippen LogP contribution in [0.5, 0.6) is 5.75 Å². The average molecular weight is 230 g/mol. The molecular formula is C9H12BClO4. The van der Waals surface area contributed by atoms with Crippen LogP contribution in [0.1, 0.15) is 5.56 Å². The number of hydrogen-bond donors (Lipinski definition) is 2. The minimum atomic E-state index is -1.65. The van der Waals surface area contributed by atoms with E-state index in [1.807, 2.05) is 0 Å². The van der Waals surface area contributed by atoms with Crippen molar-refractivity contribution >= 4 is 24.2 Å². The van der Waals surface area contributed by atoms with Crippen molar-refractivity contribution in [1.29, 1.82) is 0 Å². The first-order valence-electron chi connectivity index (χ1n) is 4.31. The van der Waals surface area contributed by atoms with Crippen molar-refractivity contribution in [2.75, 3.05) is 14.2 Å². The average Bonchev–Trinajstić information content (AvgIpc) is 2.16. The number of methoxy groups -OCH3 is 2. The second-order valence-electron chi connectivity index (χ2n) is 3.00. The summed E-state index contributed by atoms with van der Waals surface area (Å²) in [5.74, 6) is 0.338. The molecule has 2 N–H and O–H groups in total. The van der Waals surface area contributed by atoms with Crippen LogP contribution in [-0.4, -0.2) is 31.4 Å². The van der Waals surface area contributed by atoms with Gasteiger partial charge in [0.25, 0.3) is 0 Å². The van der Waals surface area contributed by atoms with E-state index in [-0.39, 0.29) is 10.5 Å². The molecule has 0 saturated heterocycles. The van der Waals surface area contributed by atoms with E-state index in [9.17, 15) is 0 Å². The Bertz CT molecular complexity index is 343. The second-order valence-corrected chi connectivity index (χ2v) is 3.41. The van der Waals surface area contributed by atoms with Gasteiger partial charge in [-0.05, 0) is 17.7 Å². The summed E-state index contributed by atoms with van der Waals surface area (Å²) in [6, 6.07) is 3.27. The molecule has 0 unspecified atom stereocenters. The zero-order valence-electron chi connectivity index (χ0n) is 8.53. The predicted molar refractivity (Wildman–Crippen MR) is 58.5 cm³/mol. The molecule has 15 heavy (non-hydrogen) atoms. The highest BCUT2D eigenvalue weighted by Gasteiger charge is 2.21. The lowest BCUT2D eigenvalue weighted by Crippen LogP contribution is -2.32. The molecule has 1 aromatic carbocycles. The Morgan fingerprint density at radius 3 is 2.47 bits per heavy atom. The first-order valence-corrected chi connectivity index (χ1v) is 4.69. The normalized spacial score (nSPS) is 10.2. The largest absolute Gasteiger partial charge is 0.497 e. The van der Waals surface area contributed by atoms with Gasteiger partial charge >= 0.3 is 7.12 Å². The van der Waals surface area contributed by atoms with E-state index in [1.165, 1.54) is 7.11 Å². The summed E-state index contributed by atoms with van der Waals surface area (Å²) in [5.41, 5.74) is 0.975. The van der Waals surface area contributed by atoms with Crippen LogP contribution in [0.4, 0.5) is 0 Å². The minimum Gasteiger partial charge on any atom is -0.497 e. The molecule has 0 saturated carbocycles. The monoisotopic (exact) mass is 230 g/mol. The van der Waals surface area contributed by atoms with E-state index in [0.29, 0.717) is 12.4 Å². The Labute approximate surface area is 93.5 Å². The summed E-state index contributed by atoms with van der Waals surface area (Å²) in [5, 5.41) is 18.4. The van der Waals surface area contributed by atoms with Crippen molar-refractivity contribution in [3.8, 4) is 5.75 Å². The molecule has 0 aromatic heterocycles. The Balaban J connectivity index is 3.18. The number of hydrogen-bond acceptors (Lipinski definition) is 4. The maximum atomic E-state index is 9.10. The summed E-state index contributed by atoms with van der Waals surface area (Å²) in [4.78, 5) is 0. The molecule has 0 aliphatic heterocycles. The number of halogens is 1. The zero-order valence-corrected chi connectivity index (χ0v) is 9.28. The van der Waals surface area contributed by atoms with Gasteiger partial charge in [-0.2, -0.15) is 0 Å². The van der Waals surface area contributed by atoms with Gasteiger partial charge in [0.2, 0.25) is 0 Å². The van der Waals surface area contributed by atoms with Gasteiger partial charge in [-0.1, -0.05) is 11.6 Å². The third kappa shape index (κ3) is 2.85. The fourth-order valence-corrected chi connectivity index (χ4v) is 1.65. The molecule has 0 spiro atoms. The highest BCUT2D eigenvalue weighted by molar-refractivity contribution is 6.63. The zero-order chi connectivity index (χ0) is 11.4. The standard InChI is InChI=1S/C9H12BClO4/c1-14-5-6-3-7(11)9(10(12)13)8(4-6)15-2/h3-4,12-13H,5H2,1-2H3. The van der Waals surface area contributed by atoms with E-state index in [4.69, 9.17) is 31.1 Å². The second kappa shape index (κ2) is 5.37. The lowest BCUT2D eigenvalue weighted by atomic mass is 9.79. The van der Waals surface area contributed by atoms with Gasteiger partial charge in [-0.25, -0.2) is 0 Å². The molecule has 0 atom stereocenters. The van der Waals surface area contributed by atoms with Crippen LogP contribution in [0.15, 0.2) is 12.1 Å². The van der Waals surface area contributed by atoms with E-state index in [1.54, 1.807) is 19.2 Å². The van der Waals surface area contributed by atoms with Crippen LogP contribution >= 0.6 is 11.6 Å². The van der Waals surface area contributed by atoms with Crippen LogP contribution in [-0.2, 0) is 11.3 Å². The summed E-state index contributed by atoms with van der Waals surface area (Å²) in [6.07, 6.45) is 0. The van der Waals surface area contributed by atoms with Crippen molar-refractivity contribution in [2.24, 2.45) is 0 Å².